The van der Waals surface area contributed by atoms with E-state index in [1.165, 1.54) is 24.8 Å². The molecule has 0 spiro atoms. The van der Waals surface area contributed by atoms with Gasteiger partial charge in [-0.2, -0.15) is 0 Å². The molecule has 0 saturated heterocycles. The molecule has 0 amide bonds. The zero-order valence-electron chi connectivity index (χ0n) is 15.2. The van der Waals surface area contributed by atoms with Crippen LogP contribution in [0.25, 0.3) is 0 Å². The first-order valence-corrected chi connectivity index (χ1v) is 9.49. The lowest BCUT2D eigenvalue weighted by Gasteiger charge is -2.57. The van der Waals surface area contributed by atoms with Crippen LogP contribution in [-0.2, 0) is 4.79 Å². The van der Waals surface area contributed by atoms with Crippen LogP contribution in [0, 0.1) is 28.6 Å². The van der Waals surface area contributed by atoms with Crippen LogP contribution in [0.4, 0.5) is 0 Å². The molecule has 4 atom stereocenters. The number of aliphatic carboxylic acids is 1. The normalized spacial score (nSPS) is 40.0. The highest BCUT2D eigenvalue weighted by molar-refractivity contribution is 5.75. The Balaban J connectivity index is 2.02. The van der Waals surface area contributed by atoms with Crippen molar-refractivity contribution in [1.82, 2.24) is 0 Å². The van der Waals surface area contributed by atoms with Gasteiger partial charge < -0.3 is 5.11 Å². The number of fused-ring (bicyclic) bond motifs is 3. The highest BCUT2D eigenvalue weighted by atomic mass is 16.4. The molecule has 0 heterocycles. The maximum atomic E-state index is 12.2. The van der Waals surface area contributed by atoms with Gasteiger partial charge in [-0.1, -0.05) is 51.8 Å². The van der Waals surface area contributed by atoms with Crippen molar-refractivity contribution >= 4 is 5.97 Å². The van der Waals surface area contributed by atoms with Gasteiger partial charge >= 0.3 is 5.97 Å². The fourth-order valence-electron chi connectivity index (χ4n) is 5.99. The van der Waals surface area contributed by atoms with Crippen molar-refractivity contribution < 1.29 is 9.90 Å². The summed E-state index contributed by atoms with van der Waals surface area (Å²) in [4.78, 5) is 12.2. The van der Waals surface area contributed by atoms with Gasteiger partial charge in [0.2, 0.25) is 0 Å². The van der Waals surface area contributed by atoms with Crippen molar-refractivity contribution in [2.45, 2.75) is 72.6 Å². The van der Waals surface area contributed by atoms with E-state index in [-0.39, 0.29) is 5.41 Å². The van der Waals surface area contributed by atoms with E-state index in [9.17, 15) is 9.90 Å². The number of carbonyl (C=O) groups is 1. The Kier molecular flexibility index (Phi) is 4.23. The van der Waals surface area contributed by atoms with Crippen molar-refractivity contribution in [1.29, 1.82) is 0 Å². The van der Waals surface area contributed by atoms with E-state index in [4.69, 9.17) is 0 Å². The molecule has 2 heteroatoms. The second kappa shape index (κ2) is 5.79. The topological polar surface area (TPSA) is 37.3 Å². The fraction of sp³-hybridized carbons (Fsp3) is 0.762. The van der Waals surface area contributed by atoms with Crippen molar-refractivity contribution in [3.63, 3.8) is 0 Å². The third kappa shape index (κ3) is 2.40. The van der Waals surface area contributed by atoms with Crippen LogP contribution >= 0.6 is 0 Å². The van der Waals surface area contributed by atoms with Gasteiger partial charge in [0.05, 0.1) is 5.41 Å². The SMILES string of the molecule is CC[C@@]1(C(=O)O)CCC[C@@]2(C)C1CC=C1C=C(C(C)C)CC[C@@H]12. The molecule has 3 aliphatic carbocycles. The van der Waals surface area contributed by atoms with Crippen LogP contribution in [0.2, 0.25) is 0 Å². The molecule has 3 aliphatic rings. The Bertz CT molecular complexity index is 556. The molecule has 1 unspecified atom stereocenters. The minimum atomic E-state index is -0.554. The van der Waals surface area contributed by atoms with E-state index < -0.39 is 11.4 Å². The Morgan fingerprint density at radius 2 is 2.13 bits per heavy atom. The number of hydrogen-bond acceptors (Lipinski definition) is 1. The lowest BCUT2D eigenvalue weighted by atomic mass is 9.46. The van der Waals surface area contributed by atoms with Gasteiger partial charge in [-0.3, -0.25) is 4.79 Å². The monoisotopic (exact) mass is 316 g/mol. The Hall–Kier alpha value is -1.05. The zero-order chi connectivity index (χ0) is 16.8. The van der Waals surface area contributed by atoms with E-state index in [1.54, 1.807) is 5.57 Å². The molecule has 0 radical (unpaired) electrons. The molecule has 3 rings (SSSR count). The second-order valence-corrected chi connectivity index (χ2v) is 8.63. The van der Waals surface area contributed by atoms with Crippen molar-refractivity contribution in [3.05, 3.63) is 23.3 Å². The lowest BCUT2D eigenvalue weighted by Crippen LogP contribution is -2.54. The van der Waals surface area contributed by atoms with Crippen molar-refractivity contribution in [2.75, 3.05) is 0 Å². The van der Waals surface area contributed by atoms with E-state index in [0.29, 0.717) is 17.8 Å². The molecule has 0 aromatic carbocycles. The maximum absolute atomic E-state index is 12.2. The molecule has 23 heavy (non-hydrogen) atoms. The van der Waals surface area contributed by atoms with Gasteiger partial charge in [-0.25, -0.2) is 0 Å². The molecule has 1 saturated carbocycles. The number of carboxylic acids is 1. The molecule has 1 N–H and O–H groups in total. The summed E-state index contributed by atoms with van der Waals surface area (Å²) in [6.07, 6.45) is 12.1. The van der Waals surface area contributed by atoms with Crippen molar-refractivity contribution in [2.24, 2.45) is 28.6 Å². The predicted octanol–water partition coefficient (Wildman–Crippen LogP) is 5.60. The molecule has 2 nitrogen and oxygen atoms in total. The summed E-state index contributed by atoms with van der Waals surface area (Å²) in [5.74, 6) is 0.938. The standard InChI is InChI=1S/C21H32O2/c1-5-21(19(22)23)12-6-11-20(4)17-9-7-15(14(2)3)13-16(17)8-10-18(20)21/h8,13-14,17-18H,5-7,9-12H2,1-4H3,(H,22,23)/t17-,18?,20+,21+/m0/s1. The molecular formula is C21H32O2. The molecular weight excluding hydrogens is 284 g/mol. The summed E-state index contributed by atoms with van der Waals surface area (Å²) < 4.78 is 0. The molecule has 0 aromatic rings. The minimum Gasteiger partial charge on any atom is -0.481 e. The average molecular weight is 316 g/mol. The van der Waals surface area contributed by atoms with Crippen LogP contribution in [0.1, 0.15) is 72.6 Å². The second-order valence-electron chi connectivity index (χ2n) is 8.63. The molecule has 128 valence electrons. The molecule has 0 bridgehead atoms. The number of hydrogen-bond donors (Lipinski definition) is 1. The highest BCUT2D eigenvalue weighted by Gasteiger charge is 2.58. The zero-order valence-corrected chi connectivity index (χ0v) is 15.2. The summed E-state index contributed by atoms with van der Waals surface area (Å²) in [6.45, 7) is 9.05. The maximum Gasteiger partial charge on any atom is 0.309 e. The Morgan fingerprint density at radius 1 is 1.39 bits per heavy atom. The first-order valence-electron chi connectivity index (χ1n) is 9.49. The average Bonchev–Trinajstić information content (AvgIpc) is 2.52. The smallest absolute Gasteiger partial charge is 0.309 e. The number of carboxylic acid groups (broad SMARTS) is 1. The third-order valence-electron chi connectivity index (χ3n) is 7.46. The minimum absolute atomic E-state index is 0.162. The summed E-state index contributed by atoms with van der Waals surface area (Å²) in [6, 6.07) is 0. The van der Waals surface area contributed by atoms with Gasteiger partial charge in [0, 0.05) is 0 Å². The fourth-order valence-corrected chi connectivity index (χ4v) is 5.99. The number of allylic oxidation sites excluding steroid dienone is 4. The Labute approximate surface area is 141 Å². The molecule has 0 aromatic heterocycles. The number of rotatable bonds is 3. The van der Waals surface area contributed by atoms with Crippen LogP contribution in [-0.4, -0.2) is 11.1 Å². The Morgan fingerprint density at radius 3 is 2.74 bits per heavy atom. The quantitative estimate of drug-likeness (QED) is 0.736. The highest BCUT2D eigenvalue weighted by Crippen LogP contribution is 2.63. The summed E-state index contributed by atoms with van der Waals surface area (Å²) in [7, 11) is 0. The van der Waals surface area contributed by atoms with Gasteiger partial charge in [0.15, 0.2) is 0 Å². The van der Waals surface area contributed by atoms with E-state index in [2.05, 4.69) is 39.8 Å². The van der Waals surface area contributed by atoms with E-state index in [0.717, 1.165) is 25.7 Å². The summed E-state index contributed by atoms with van der Waals surface area (Å²) >= 11 is 0. The van der Waals surface area contributed by atoms with Gasteiger partial charge in [0.1, 0.15) is 0 Å². The van der Waals surface area contributed by atoms with Crippen molar-refractivity contribution in [3.8, 4) is 0 Å². The van der Waals surface area contributed by atoms with Crippen LogP contribution in [0.15, 0.2) is 23.3 Å². The molecule has 0 aliphatic heterocycles. The summed E-state index contributed by atoms with van der Waals surface area (Å²) in [5, 5.41) is 10.0. The first kappa shape index (κ1) is 16.8. The third-order valence-corrected chi connectivity index (χ3v) is 7.46. The van der Waals surface area contributed by atoms with E-state index >= 15 is 0 Å². The van der Waals surface area contributed by atoms with Crippen LogP contribution < -0.4 is 0 Å². The van der Waals surface area contributed by atoms with Gasteiger partial charge in [0.25, 0.3) is 0 Å². The van der Waals surface area contributed by atoms with Crippen LogP contribution in [0.3, 0.4) is 0 Å². The van der Waals surface area contributed by atoms with E-state index in [1.807, 2.05) is 0 Å². The first-order chi connectivity index (χ1) is 10.8. The predicted molar refractivity (Wildman–Crippen MR) is 94.2 cm³/mol. The van der Waals surface area contributed by atoms with Gasteiger partial charge in [-0.15, -0.1) is 0 Å². The largest absolute Gasteiger partial charge is 0.481 e. The summed E-state index contributed by atoms with van der Waals surface area (Å²) in [5.41, 5.74) is 2.74. The van der Waals surface area contributed by atoms with Gasteiger partial charge in [-0.05, 0) is 67.3 Å². The molecule has 1 fully saturated rings. The lowest BCUT2D eigenvalue weighted by molar-refractivity contribution is -0.165. The van der Waals surface area contributed by atoms with Crippen LogP contribution in [0.5, 0.6) is 0 Å².